The Morgan fingerprint density at radius 3 is 2.70 bits per heavy atom. The molecule has 7 heteroatoms. The summed E-state index contributed by atoms with van der Waals surface area (Å²) in [6.07, 6.45) is 7.35. The number of halogens is 1. The second-order valence-corrected chi connectivity index (χ2v) is 8.31. The van der Waals surface area contributed by atoms with Crippen LogP contribution in [0.25, 0.3) is 0 Å². The van der Waals surface area contributed by atoms with Gasteiger partial charge in [-0.15, -0.1) is 24.0 Å². The number of likely N-dealkylation sites (tertiary alicyclic amines) is 1. The van der Waals surface area contributed by atoms with Gasteiger partial charge in [0.05, 0.1) is 12.7 Å². The Labute approximate surface area is 197 Å². The summed E-state index contributed by atoms with van der Waals surface area (Å²) in [5, 5.41) is 7.88. The highest BCUT2D eigenvalue weighted by Crippen LogP contribution is 2.35. The molecular weight excluding hydrogens is 489 g/mol. The molecule has 2 aliphatic rings. The third-order valence-electron chi connectivity index (χ3n) is 6.39. The van der Waals surface area contributed by atoms with Gasteiger partial charge in [-0.2, -0.15) is 5.10 Å². The molecule has 1 unspecified atom stereocenters. The fraction of sp³-hybridized carbons (Fsp3) is 0.565. The van der Waals surface area contributed by atoms with E-state index in [1.165, 1.54) is 11.1 Å². The van der Waals surface area contributed by atoms with Crippen molar-refractivity contribution in [2.24, 2.45) is 12.0 Å². The predicted molar refractivity (Wildman–Crippen MR) is 132 cm³/mol. The summed E-state index contributed by atoms with van der Waals surface area (Å²) < 4.78 is 7.58. The van der Waals surface area contributed by atoms with Crippen LogP contribution in [0.1, 0.15) is 43.2 Å². The van der Waals surface area contributed by atoms with Crippen LogP contribution in [-0.2, 0) is 17.2 Å². The molecular formula is C23H34IN5O. The smallest absolute Gasteiger partial charge is 0.193 e. The molecule has 6 nitrogen and oxygen atoms in total. The molecule has 0 spiro atoms. The van der Waals surface area contributed by atoms with Gasteiger partial charge < -0.3 is 15.0 Å². The van der Waals surface area contributed by atoms with Crippen molar-refractivity contribution in [3.8, 4) is 0 Å². The van der Waals surface area contributed by atoms with Gasteiger partial charge in [0, 0.05) is 57.4 Å². The zero-order valence-corrected chi connectivity index (χ0v) is 20.4. The van der Waals surface area contributed by atoms with Crippen molar-refractivity contribution in [3.63, 3.8) is 0 Å². The van der Waals surface area contributed by atoms with Crippen molar-refractivity contribution in [1.82, 2.24) is 20.0 Å². The number of benzene rings is 1. The Balaban J connectivity index is 0.00000256. The molecule has 1 aromatic heterocycles. The van der Waals surface area contributed by atoms with E-state index < -0.39 is 0 Å². The number of aliphatic imine (C=N–C) groups is 1. The highest BCUT2D eigenvalue weighted by Gasteiger charge is 2.35. The second kappa shape index (κ2) is 10.6. The Morgan fingerprint density at radius 2 is 2.03 bits per heavy atom. The van der Waals surface area contributed by atoms with Crippen LogP contribution in [0, 0.1) is 0 Å². The molecule has 30 heavy (non-hydrogen) atoms. The molecule has 164 valence electrons. The predicted octanol–water partition coefficient (Wildman–Crippen LogP) is 3.54. The summed E-state index contributed by atoms with van der Waals surface area (Å²) in [4.78, 5) is 7.57. The molecule has 2 aromatic rings. The van der Waals surface area contributed by atoms with E-state index in [4.69, 9.17) is 9.73 Å². The summed E-state index contributed by atoms with van der Waals surface area (Å²) in [6, 6.07) is 10.9. The fourth-order valence-electron chi connectivity index (χ4n) is 4.62. The maximum atomic E-state index is 5.68. The van der Waals surface area contributed by atoms with Crippen LogP contribution >= 0.6 is 24.0 Å². The number of guanidine groups is 1. The van der Waals surface area contributed by atoms with E-state index in [-0.39, 0.29) is 29.4 Å². The molecule has 2 fully saturated rings. The highest BCUT2D eigenvalue weighted by atomic mass is 127. The van der Waals surface area contributed by atoms with Crippen LogP contribution in [0.3, 0.4) is 0 Å². The monoisotopic (exact) mass is 523 g/mol. The molecule has 0 bridgehead atoms. The summed E-state index contributed by atoms with van der Waals surface area (Å²) in [5.74, 6) is 1.57. The number of rotatable bonds is 5. The molecule has 1 atom stereocenters. The SMILES string of the molecule is CCNC(=NCC1(c2ccccc2)CCOCC1)N1CCC(c2cnn(C)c2)C1.I. The molecule has 1 N–H and O–H groups in total. The van der Waals surface area contributed by atoms with E-state index in [9.17, 15) is 0 Å². The van der Waals surface area contributed by atoms with E-state index in [1.54, 1.807) is 0 Å². The number of ether oxygens (including phenoxy) is 1. The summed E-state index contributed by atoms with van der Waals surface area (Å²) >= 11 is 0. The van der Waals surface area contributed by atoms with Crippen molar-refractivity contribution >= 4 is 29.9 Å². The van der Waals surface area contributed by atoms with Gasteiger partial charge >= 0.3 is 0 Å². The van der Waals surface area contributed by atoms with Gasteiger partial charge in [0.1, 0.15) is 0 Å². The van der Waals surface area contributed by atoms with Crippen molar-refractivity contribution in [2.75, 3.05) is 39.4 Å². The lowest BCUT2D eigenvalue weighted by molar-refractivity contribution is 0.0530. The Morgan fingerprint density at radius 1 is 1.27 bits per heavy atom. The maximum Gasteiger partial charge on any atom is 0.193 e. The zero-order chi connectivity index (χ0) is 20.1. The quantitative estimate of drug-likeness (QED) is 0.370. The molecule has 0 saturated carbocycles. The first-order valence-electron chi connectivity index (χ1n) is 10.9. The van der Waals surface area contributed by atoms with Crippen molar-refractivity contribution in [1.29, 1.82) is 0 Å². The molecule has 0 amide bonds. The lowest BCUT2D eigenvalue weighted by Gasteiger charge is -2.37. The van der Waals surface area contributed by atoms with Crippen LogP contribution in [0.15, 0.2) is 47.7 Å². The molecule has 0 radical (unpaired) electrons. The minimum atomic E-state index is 0. The van der Waals surface area contributed by atoms with E-state index in [1.807, 2.05) is 17.9 Å². The topological polar surface area (TPSA) is 54.7 Å². The van der Waals surface area contributed by atoms with E-state index in [0.29, 0.717) is 5.92 Å². The summed E-state index contributed by atoms with van der Waals surface area (Å²) in [7, 11) is 1.98. The second-order valence-electron chi connectivity index (χ2n) is 8.31. The normalized spacial score (nSPS) is 21.3. The Bertz CT molecular complexity index is 816. The third kappa shape index (κ3) is 5.17. The number of aromatic nitrogens is 2. The molecule has 2 aliphatic heterocycles. The highest BCUT2D eigenvalue weighted by molar-refractivity contribution is 14.0. The third-order valence-corrected chi connectivity index (χ3v) is 6.39. The molecule has 3 heterocycles. The molecule has 4 rings (SSSR count). The van der Waals surface area contributed by atoms with Gasteiger partial charge in [-0.05, 0) is 37.3 Å². The first kappa shape index (κ1) is 23.1. The number of hydrogen-bond acceptors (Lipinski definition) is 3. The minimum absolute atomic E-state index is 0. The van der Waals surface area contributed by atoms with Crippen molar-refractivity contribution in [3.05, 3.63) is 53.9 Å². The average molecular weight is 523 g/mol. The van der Waals surface area contributed by atoms with Crippen molar-refractivity contribution in [2.45, 2.75) is 37.5 Å². The van der Waals surface area contributed by atoms with Gasteiger partial charge in [0.2, 0.25) is 0 Å². The van der Waals surface area contributed by atoms with Crippen LogP contribution < -0.4 is 5.32 Å². The number of nitrogens with zero attached hydrogens (tertiary/aromatic N) is 4. The molecule has 0 aliphatic carbocycles. The van der Waals surface area contributed by atoms with Gasteiger partial charge in [-0.25, -0.2) is 0 Å². The maximum absolute atomic E-state index is 5.68. The van der Waals surface area contributed by atoms with E-state index >= 15 is 0 Å². The van der Waals surface area contributed by atoms with Crippen LogP contribution in [-0.4, -0.2) is 60.0 Å². The molecule has 2 saturated heterocycles. The number of aryl methyl sites for hydroxylation is 1. The van der Waals surface area contributed by atoms with Crippen LogP contribution in [0.5, 0.6) is 0 Å². The first-order valence-corrected chi connectivity index (χ1v) is 10.9. The summed E-state index contributed by atoms with van der Waals surface area (Å²) in [6.45, 7) is 7.49. The zero-order valence-electron chi connectivity index (χ0n) is 18.1. The fourth-order valence-corrected chi connectivity index (χ4v) is 4.62. The number of hydrogen-bond donors (Lipinski definition) is 1. The van der Waals surface area contributed by atoms with Gasteiger partial charge in [-0.3, -0.25) is 9.67 Å². The summed E-state index contributed by atoms with van der Waals surface area (Å²) in [5.41, 5.74) is 2.79. The van der Waals surface area contributed by atoms with E-state index in [0.717, 1.165) is 64.6 Å². The van der Waals surface area contributed by atoms with Gasteiger partial charge in [0.15, 0.2) is 5.96 Å². The lowest BCUT2D eigenvalue weighted by Crippen LogP contribution is -2.42. The minimum Gasteiger partial charge on any atom is -0.381 e. The van der Waals surface area contributed by atoms with E-state index in [2.05, 4.69) is 58.8 Å². The molecule has 1 aromatic carbocycles. The van der Waals surface area contributed by atoms with Crippen LogP contribution in [0.4, 0.5) is 0 Å². The van der Waals surface area contributed by atoms with Gasteiger partial charge in [0.25, 0.3) is 0 Å². The van der Waals surface area contributed by atoms with Gasteiger partial charge in [-0.1, -0.05) is 30.3 Å². The number of nitrogens with one attached hydrogen (secondary N) is 1. The standard InChI is InChI=1S/C23H33N5O.HI/c1-3-24-22(28-12-9-19(17-28)20-15-26-27(2)16-20)25-18-23(10-13-29-14-11-23)21-7-5-4-6-8-21;/h4-8,15-16,19H,3,9-14,17-18H2,1-2H3,(H,24,25);1H. The average Bonchev–Trinajstić information content (AvgIpc) is 3.42. The lowest BCUT2D eigenvalue weighted by atomic mass is 9.74. The Kier molecular flexibility index (Phi) is 8.16. The first-order chi connectivity index (χ1) is 14.2. The van der Waals surface area contributed by atoms with Crippen molar-refractivity contribution < 1.29 is 4.74 Å². The Hall–Kier alpha value is -1.61. The van der Waals surface area contributed by atoms with Crippen LogP contribution in [0.2, 0.25) is 0 Å². The largest absolute Gasteiger partial charge is 0.381 e.